The number of rotatable bonds is 7. The number of amides is 1. The maximum Gasteiger partial charge on any atom is 0.233 e. The summed E-state index contributed by atoms with van der Waals surface area (Å²) >= 11 is 0. The Morgan fingerprint density at radius 3 is 2.62 bits per heavy atom. The van der Waals surface area contributed by atoms with Gasteiger partial charge in [-0.05, 0) is 42.5 Å². The van der Waals surface area contributed by atoms with Crippen molar-refractivity contribution in [2.75, 3.05) is 12.9 Å². The van der Waals surface area contributed by atoms with Gasteiger partial charge in [0.1, 0.15) is 11.5 Å². The molecule has 0 heterocycles. The molecule has 0 unspecified atom stereocenters. The molecule has 5 heteroatoms. The summed E-state index contributed by atoms with van der Waals surface area (Å²) in [5.41, 5.74) is 1.11. The zero-order chi connectivity index (χ0) is 16.9. The molecule has 0 spiro atoms. The third-order valence-electron chi connectivity index (χ3n) is 4.13. The Kier molecular flexibility index (Phi) is 5.30. The van der Waals surface area contributed by atoms with Crippen LogP contribution in [0.1, 0.15) is 24.4 Å². The Morgan fingerprint density at radius 1 is 1.21 bits per heavy atom. The Labute approximate surface area is 144 Å². The van der Waals surface area contributed by atoms with Gasteiger partial charge in [0.25, 0.3) is 0 Å². The topological polar surface area (TPSA) is 55.4 Å². The summed E-state index contributed by atoms with van der Waals surface area (Å²) in [7, 11) is 0.181. The van der Waals surface area contributed by atoms with Crippen molar-refractivity contribution in [2.45, 2.75) is 23.8 Å². The van der Waals surface area contributed by atoms with Gasteiger partial charge >= 0.3 is 0 Å². The van der Waals surface area contributed by atoms with Crippen molar-refractivity contribution in [3.63, 3.8) is 0 Å². The van der Waals surface area contributed by atoms with Gasteiger partial charge in [-0.25, -0.2) is 0 Å². The number of hydrogen-bond donors (Lipinski definition) is 1. The van der Waals surface area contributed by atoms with Crippen LogP contribution in [0.4, 0.5) is 0 Å². The second kappa shape index (κ2) is 7.62. The van der Waals surface area contributed by atoms with Crippen LogP contribution in [0.5, 0.6) is 5.75 Å². The zero-order valence-corrected chi connectivity index (χ0v) is 14.4. The SMILES string of the molecule is COc1cccc([S@](=O)CC(=O)N[C@H](c2ccccc2)C2CC2)c1. The molecular weight excluding hydrogens is 322 g/mol. The molecule has 0 saturated heterocycles. The maximum absolute atomic E-state index is 12.4. The minimum atomic E-state index is -1.38. The van der Waals surface area contributed by atoms with Crippen LogP contribution in [0, 0.1) is 5.92 Å². The highest BCUT2D eigenvalue weighted by Crippen LogP contribution is 2.40. The monoisotopic (exact) mass is 343 g/mol. The summed E-state index contributed by atoms with van der Waals surface area (Å²) in [6.07, 6.45) is 2.25. The lowest BCUT2D eigenvalue weighted by molar-refractivity contribution is -0.119. The lowest BCUT2D eigenvalue weighted by Crippen LogP contribution is -2.33. The van der Waals surface area contributed by atoms with Gasteiger partial charge in [0, 0.05) is 4.90 Å². The minimum absolute atomic E-state index is 0.0148. The van der Waals surface area contributed by atoms with E-state index >= 15 is 0 Å². The van der Waals surface area contributed by atoms with Crippen molar-refractivity contribution in [3.8, 4) is 5.75 Å². The molecule has 126 valence electrons. The maximum atomic E-state index is 12.4. The second-order valence-corrected chi connectivity index (χ2v) is 7.41. The lowest BCUT2D eigenvalue weighted by atomic mass is 10.0. The number of methoxy groups -OCH3 is 1. The fourth-order valence-electron chi connectivity index (χ4n) is 2.72. The highest BCUT2D eigenvalue weighted by Gasteiger charge is 2.33. The first-order valence-corrected chi connectivity index (χ1v) is 9.36. The fraction of sp³-hybridized carbons (Fsp3) is 0.316. The summed E-state index contributed by atoms with van der Waals surface area (Å²) in [4.78, 5) is 13.0. The molecule has 2 aromatic rings. The van der Waals surface area contributed by atoms with Gasteiger partial charge < -0.3 is 10.1 Å². The largest absolute Gasteiger partial charge is 0.497 e. The van der Waals surface area contributed by atoms with Crippen molar-refractivity contribution in [2.24, 2.45) is 5.92 Å². The van der Waals surface area contributed by atoms with E-state index in [0.717, 1.165) is 18.4 Å². The third-order valence-corrected chi connectivity index (χ3v) is 5.44. The van der Waals surface area contributed by atoms with Gasteiger partial charge in [-0.3, -0.25) is 9.00 Å². The standard InChI is InChI=1S/C19H21NO3S/c1-23-16-8-5-9-17(12-16)24(22)13-18(21)20-19(15-10-11-15)14-6-3-2-4-7-14/h2-9,12,15,19H,10-11,13H2,1H3,(H,20,21)/t19-,24-/m1/s1. The Morgan fingerprint density at radius 2 is 1.96 bits per heavy atom. The van der Waals surface area contributed by atoms with Crippen molar-refractivity contribution in [3.05, 3.63) is 60.2 Å². The molecule has 1 N–H and O–H groups in total. The molecule has 1 aliphatic carbocycles. The Bertz CT molecular complexity index is 728. The number of hydrogen-bond acceptors (Lipinski definition) is 3. The summed E-state index contributed by atoms with van der Waals surface area (Å²) in [6.45, 7) is 0. The predicted molar refractivity (Wildman–Crippen MR) is 94.3 cm³/mol. The number of nitrogens with one attached hydrogen (secondary N) is 1. The van der Waals surface area contributed by atoms with Crippen molar-refractivity contribution in [1.29, 1.82) is 0 Å². The van der Waals surface area contributed by atoms with Crippen LogP contribution in [0.25, 0.3) is 0 Å². The van der Waals surface area contributed by atoms with Gasteiger partial charge in [-0.15, -0.1) is 0 Å². The molecule has 0 radical (unpaired) electrons. The fourth-order valence-corrected chi connectivity index (χ4v) is 3.69. The van der Waals surface area contributed by atoms with Gasteiger partial charge in [0.05, 0.1) is 24.0 Å². The normalized spacial score (nSPS) is 16.2. The Balaban J connectivity index is 1.64. The molecule has 2 atom stereocenters. The molecule has 0 aromatic heterocycles. The van der Waals surface area contributed by atoms with E-state index in [1.54, 1.807) is 31.4 Å². The molecule has 1 amide bonds. The average Bonchev–Trinajstić information content (AvgIpc) is 3.45. The van der Waals surface area contributed by atoms with E-state index in [9.17, 15) is 9.00 Å². The highest BCUT2D eigenvalue weighted by atomic mass is 32.2. The third kappa shape index (κ3) is 4.23. The summed E-state index contributed by atoms with van der Waals surface area (Å²) in [5.74, 6) is 0.906. The molecule has 1 fully saturated rings. The van der Waals surface area contributed by atoms with E-state index in [2.05, 4.69) is 5.32 Å². The van der Waals surface area contributed by atoms with E-state index in [0.29, 0.717) is 16.6 Å². The van der Waals surface area contributed by atoms with Crippen molar-refractivity contribution >= 4 is 16.7 Å². The van der Waals surface area contributed by atoms with Crippen molar-refractivity contribution < 1.29 is 13.7 Å². The van der Waals surface area contributed by atoms with Crippen LogP contribution in [-0.4, -0.2) is 23.0 Å². The summed E-state index contributed by atoms with van der Waals surface area (Å²) in [6, 6.07) is 17.0. The molecule has 3 rings (SSSR count). The highest BCUT2D eigenvalue weighted by molar-refractivity contribution is 7.85. The van der Waals surface area contributed by atoms with Crippen LogP contribution in [0.2, 0.25) is 0 Å². The number of benzene rings is 2. The molecule has 0 aliphatic heterocycles. The number of ether oxygens (including phenoxy) is 1. The minimum Gasteiger partial charge on any atom is -0.497 e. The smallest absolute Gasteiger partial charge is 0.233 e. The number of carbonyl (C=O) groups is 1. The van der Waals surface area contributed by atoms with E-state index < -0.39 is 10.8 Å². The van der Waals surface area contributed by atoms with Gasteiger partial charge in [-0.1, -0.05) is 36.4 Å². The van der Waals surface area contributed by atoms with Crippen LogP contribution in [0.3, 0.4) is 0 Å². The van der Waals surface area contributed by atoms with Crippen LogP contribution >= 0.6 is 0 Å². The zero-order valence-electron chi connectivity index (χ0n) is 13.6. The quantitative estimate of drug-likeness (QED) is 0.840. The first-order chi connectivity index (χ1) is 11.7. The molecule has 1 aliphatic rings. The molecule has 2 aromatic carbocycles. The summed E-state index contributed by atoms with van der Waals surface area (Å²) < 4.78 is 17.6. The van der Waals surface area contributed by atoms with Gasteiger partial charge in [0.2, 0.25) is 5.91 Å². The second-order valence-electron chi connectivity index (χ2n) is 5.96. The van der Waals surface area contributed by atoms with E-state index in [-0.39, 0.29) is 17.7 Å². The van der Waals surface area contributed by atoms with Crippen LogP contribution < -0.4 is 10.1 Å². The first kappa shape index (κ1) is 16.7. The summed E-state index contributed by atoms with van der Waals surface area (Å²) in [5, 5.41) is 3.06. The van der Waals surface area contributed by atoms with E-state index in [1.165, 1.54) is 0 Å². The molecular formula is C19H21NO3S. The molecule has 0 bridgehead atoms. The van der Waals surface area contributed by atoms with Gasteiger partial charge in [-0.2, -0.15) is 0 Å². The molecule has 4 nitrogen and oxygen atoms in total. The van der Waals surface area contributed by atoms with Gasteiger partial charge in [0.15, 0.2) is 0 Å². The molecule has 1 saturated carbocycles. The van der Waals surface area contributed by atoms with E-state index in [1.807, 2.05) is 30.3 Å². The number of carbonyl (C=O) groups excluding carboxylic acids is 1. The Hall–Kier alpha value is -2.14. The van der Waals surface area contributed by atoms with E-state index in [4.69, 9.17) is 4.74 Å². The molecule has 24 heavy (non-hydrogen) atoms. The van der Waals surface area contributed by atoms with Crippen molar-refractivity contribution in [1.82, 2.24) is 5.32 Å². The first-order valence-electron chi connectivity index (χ1n) is 8.04. The van der Waals surface area contributed by atoms with Crippen LogP contribution in [0.15, 0.2) is 59.5 Å². The van der Waals surface area contributed by atoms with Crippen LogP contribution in [-0.2, 0) is 15.6 Å². The predicted octanol–water partition coefficient (Wildman–Crippen LogP) is 3.07. The lowest BCUT2D eigenvalue weighted by Gasteiger charge is -2.18. The average molecular weight is 343 g/mol.